The summed E-state index contributed by atoms with van der Waals surface area (Å²) in [5.74, 6) is 2.08. The minimum absolute atomic E-state index is 0.343. The average molecular weight is 363 g/mol. The third kappa shape index (κ3) is 4.85. The number of halogens is 1. The lowest BCUT2D eigenvalue weighted by Crippen LogP contribution is -2.45. The Morgan fingerprint density at radius 3 is 3.08 bits per heavy atom. The molecule has 3 rings (SSSR count). The highest BCUT2D eigenvalue weighted by atomic mass is 35.5. The van der Waals surface area contributed by atoms with Gasteiger partial charge < -0.3 is 20.1 Å². The molecule has 8 heteroatoms. The van der Waals surface area contributed by atoms with E-state index >= 15 is 0 Å². The maximum atomic E-state index is 6.09. The van der Waals surface area contributed by atoms with Crippen molar-refractivity contribution in [3.63, 3.8) is 0 Å². The Bertz CT molecular complexity index is 731. The molecule has 2 heterocycles. The van der Waals surface area contributed by atoms with Crippen molar-refractivity contribution in [2.45, 2.75) is 25.8 Å². The van der Waals surface area contributed by atoms with Crippen LogP contribution < -0.4 is 15.5 Å². The van der Waals surface area contributed by atoms with Crippen molar-refractivity contribution in [1.82, 2.24) is 20.8 Å². The van der Waals surface area contributed by atoms with Gasteiger partial charge in [-0.2, -0.15) is 4.98 Å². The molecule has 0 bridgehead atoms. The first-order chi connectivity index (χ1) is 12.1. The van der Waals surface area contributed by atoms with Crippen LogP contribution in [0, 0.1) is 6.92 Å². The third-order valence-corrected chi connectivity index (χ3v) is 4.36. The Morgan fingerprint density at radius 1 is 1.48 bits per heavy atom. The van der Waals surface area contributed by atoms with Crippen LogP contribution in [0.2, 0.25) is 5.02 Å². The monoisotopic (exact) mass is 362 g/mol. The predicted octanol–water partition coefficient (Wildman–Crippen LogP) is 2.02. The summed E-state index contributed by atoms with van der Waals surface area (Å²) in [4.78, 5) is 10.8. The first kappa shape index (κ1) is 17.5. The Morgan fingerprint density at radius 2 is 2.36 bits per heavy atom. The molecule has 0 aliphatic carbocycles. The van der Waals surface area contributed by atoms with Crippen molar-refractivity contribution >= 4 is 23.2 Å². The van der Waals surface area contributed by atoms with Crippen LogP contribution in [0.1, 0.15) is 18.1 Å². The van der Waals surface area contributed by atoms with Gasteiger partial charge in [-0.1, -0.05) is 22.8 Å². The second-order valence-electron chi connectivity index (χ2n) is 6.04. The number of rotatable bonds is 5. The van der Waals surface area contributed by atoms with Crippen LogP contribution in [0.5, 0.6) is 0 Å². The van der Waals surface area contributed by atoms with Gasteiger partial charge in [-0.05, 0) is 31.5 Å². The highest BCUT2D eigenvalue weighted by molar-refractivity contribution is 6.30. The van der Waals surface area contributed by atoms with Crippen molar-refractivity contribution in [3.8, 4) is 0 Å². The summed E-state index contributed by atoms with van der Waals surface area (Å²) in [6, 6.07) is 8.32. The smallest absolute Gasteiger partial charge is 0.228 e. The molecule has 0 amide bonds. The Balaban J connectivity index is 1.46. The number of guanidine groups is 1. The highest BCUT2D eigenvalue weighted by Gasteiger charge is 2.23. The molecule has 1 unspecified atom stereocenters. The van der Waals surface area contributed by atoms with E-state index in [1.54, 1.807) is 7.05 Å². The number of hydrogen-bond acceptors (Lipinski definition) is 5. The summed E-state index contributed by atoms with van der Waals surface area (Å²) in [7, 11) is 1.77. The molecule has 0 saturated carbocycles. The van der Waals surface area contributed by atoms with Crippen molar-refractivity contribution in [3.05, 3.63) is 41.0 Å². The van der Waals surface area contributed by atoms with E-state index in [9.17, 15) is 0 Å². The average Bonchev–Trinajstić information content (AvgIpc) is 3.23. The second kappa shape index (κ2) is 8.20. The summed E-state index contributed by atoms with van der Waals surface area (Å²) >= 11 is 6.09. The van der Waals surface area contributed by atoms with Crippen molar-refractivity contribution in [1.29, 1.82) is 0 Å². The number of anilines is 1. The van der Waals surface area contributed by atoms with Crippen LogP contribution in [0.15, 0.2) is 33.8 Å². The first-order valence-electron chi connectivity index (χ1n) is 8.41. The summed E-state index contributed by atoms with van der Waals surface area (Å²) in [5.41, 5.74) is 1.16. The largest absolute Gasteiger partial charge is 0.369 e. The SMILES string of the molecule is CN=C(NCCc1nc(C)no1)NC1CCN(c2cccc(Cl)c2)C1. The van der Waals surface area contributed by atoms with Crippen molar-refractivity contribution in [2.24, 2.45) is 4.99 Å². The van der Waals surface area contributed by atoms with E-state index in [-0.39, 0.29) is 0 Å². The number of aromatic nitrogens is 2. The van der Waals surface area contributed by atoms with Crippen LogP contribution in [0.4, 0.5) is 5.69 Å². The fourth-order valence-electron chi connectivity index (χ4n) is 2.90. The van der Waals surface area contributed by atoms with E-state index in [0.29, 0.717) is 30.7 Å². The second-order valence-corrected chi connectivity index (χ2v) is 6.48. The molecular weight excluding hydrogens is 340 g/mol. The number of hydrogen-bond donors (Lipinski definition) is 2. The maximum Gasteiger partial charge on any atom is 0.228 e. The lowest BCUT2D eigenvalue weighted by molar-refractivity contribution is 0.374. The van der Waals surface area contributed by atoms with E-state index in [2.05, 4.69) is 36.7 Å². The summed E-state index contributed by atoms with van der Waals surface area (Å²) in [5, 5.41) is 11.3. The van der Waals surface area contributed by atoms with Gasteiger partial charge in [0.05, 0.1) is 0 Å². The van der Waals surface area contributed by atoms with Crippen LogP contribution in [0.3, 0.4) is 0 Å². The lowest BCUT2D eigenvalue weighted by atomic mass is 10.2. The van der Waals surface area contributed by atoms with Gasteiger partial charge in [0.1, 0.15) is 0 Å². The van der Waals surface area contributed by atoms with E-state index in [1.807, 2.05) is 25.1 Å². The molecule has 1 aliphatic heterocycles. The molecule has 1 atom stereocenters. The highest BCUT2D eigenvalue weighted by Crippen LogP contribution is 2.23. The predicted molar refractivity (Wildman–Crippen MR) is 99.3 cm³/mol. The van der Waals surface area contributed by atoms with E-state index in [0.717, 1.165) is 36.2 Å². The van der Waals surface area contributed by atoms with Gasteiger partial charge in [0, 0.05) is 49.9 Å². The van der Waals surface area contributed by atoms with Crippen molar-refractivity contribution in [2.75, 3.05) is 31.6 Å². The Hall–Kier alpha value is -2.28. The quantitative estimate of drug-likeness (QED) is 0.626. The zero-order valence-electron chi connectivity index (χ0n) is 14.5. The molecule has 1 aliphatic rings. The van der Waals surface area contributed by atoms with Gasteiger partial charge in [0.25, 0.3) is 0 Å². The Labute approximate surface area is 152 Å². The molecule has 1 aromatic heterocycles. The minimum atomic E-state index is 0.343. The molecule has 2 N–H and O–H groups in total. The molecule has 134 valence electrons. The van der Waals surface area contributed by atoms with Gasteiger partial charge in [0.2, 0.25) is 5.89 Å². The summed E-state index contributed by atoms with van der Waals surface area (Å²) < 4.78 is 5.11. The van der Waals surface area contributed by atoms with Gasteiger partial charge in [0.15, 0.2) is 11.8 Å². The fourth-order valence-corrected chi connectivity index (χ4v) is 3.09. The molecule has 1 fully saturated rings. The topological polar surface area (TPSA) is 78.6 Å². The molecule has 7 nitrogen and oxygen atoms in total. The third-order valence-electron chi connectivity index (χ3n) is 4.13. The number of aryl methyl sites for hydroxylation is 1. The lowest BCUT2D eigenvalue weighted by Gasteiger charge is -2.20. The standard InChI is InChI=1S/C17H23ClN6O/c1-12-21-16(25-23-12)6-8-20-17(19-2)22-14-7-9-24(11-14)15-5-3-4-13(18)10-15/h3-5,10,14H,6-9,11H2,1-2H3,(H2,19,20,22). The summed E-state index contributed by atoms with van der Waals surface area (Å²) in [6.07, 6.45) is 1.72. The molecule has 1 aromatic carbocycles. The molecule has 0 spiro atoms. The van der Waals surface area contributed by atoms with E-state index < -0.39 is 0 Å². The normalized spacial score (nSPS) is 17.8. The molecular formula is C17H23ClN6O. The number of nitrogens with zero attached hydrogens (tertiary/aromatic N) is 4. The minimum Gasteiger partial charge on any atom is -0.369 e. The van der Waals surface area contributed by atoms with Crippen LogP contribution in [-0.2, 0) is 6.42 Å². The molecule has 2 aromatic rings. The maximum absolute atomic E-state index is 6.09. The number of nitrogens with one attached hydrogen (secondary N) is 2. The molecule has 0 radical (unpaired) electrons. The van der Waals surface area contributed by atoms with Gasteiger partial charge in [-0.3, -0.25) is 4.99 Å². The zero-order valence-corrected chi connectivity index (χ0v) is 15.3. The molecule has 25 heavy (non-hydrogen) atoms. The first-order valence-corrected chi connectivity index (χ1v) is 8.78. The fraction of sp³-hybridized carbons (Fsp3) is 0.471. The van der Waals surface area contributed by atoms with Gasteiger partial charge >= 0.3 is 0 Å². The van der Waals surface area contributed by atoms with Gasteiger partial charge in [-0.25, -0.2) is 0 Å². The van der Waals surface area contributed by atoms with E-state index in [4.69, 9.17) is 16.1 Å². The van der Waals surface area contributed by atoms with Crippen LogP contribution in [-0.4, -0.2) is 48.8 Å². The van der Waals surface area contributed by atoms with Crippen LogP contribution >= 0.6 is 11.6 Å². The van der Waals surface area contributed by atoms with E-state index in [1.165, 1.54) is 0 Å². The van der Waals surface area contributed by atoms with Gasteiger partial charge in [-0.15, -0.1) is 0 Å². The molecule has 1 saturated heterocycles. The zero-order chi connectivity index (χ0) is 17.6. The Kier molecular flexibility index (Phi) is 5.75. The number of benzene rings is 1. The number of aliphatic imine (C=N–C) groups is 1. The van der Waals surface area contributed by atoms with Crippen LogP contribution in [0.25, 0.3) is 0 Å². The van der Waals surface area contributed by atoms with Crippen molar-refractivity contribution < 1.29 is 4.52 Å². The summed E-state index contributed by atoms with van der Waals surface area (Å²) in [6.45, 7) is 4.42.